The lowest BCUT2D eigenvalue weighted by Gasteiger charge is -2.41. The van der Waals surface area contributed by atoms with E-state index >= 15 is 0 Å². The Kier molecular flexibility index (Phi) is 6.97. The van der Waals surface area contributed by atoms with Gasteiger partial charge in [-0.25, -0.2) is 4.85 Å². The molecule has 5 rings (SSSR count). The SMILES string of the molecule is [C-]#[N+]c1ccc(C(=O)N[C@@H]2CCCC[C@@H]2C(=O)N2CC[C@@H]3[C@H](COC)Nc4ccccc4[C@@H]32)cc1C. The second kappa shape index (κ2) is 10.3. The highest BCUT2D eigenvalue weighted by atomic mass is 16.5. The molecule has 2 fully saturated rings. The summed E-state index contributed by atoms with van der Waals surface area (Å²) in [5, 5.41) is 6.81. The zero-order valence-corrected chi connectivity index (χ0v) is 21.0. The first-order chi connectivity index (χ1) is 17.5. The van der Waals surface area contributed by atoms with E-state index in [9.17, 15) is 9.59 Å². The van der Waals surface area contributed by atoms with Gasteiger partial charge in [0.25, 0.3) is 5.91 Å². The van der Waals surface area contributed by atoms with Crippen molar-refractivity contribution < 1.29 is 14.3 Å². The highest BCUT2D eigenvalue weighted by Crippen LogP contribution is 2.47. The first-order valence-corrected chi connectivity index (χ1v) is 13.0. The Morgan fingerprint density at radius 2 is 1.97 bits per heavy atom. The maximum absolute atomic E-state index is 14.1. The van der Waals surface area contributed by atoms with Crippen LogP contribution in [0.4, 0.5) is 11.4 Å². The Hall–Kier alpha value is -3.37. The molecule has 1 saturated heterocycles. The number of rotatable bonds is 5. The fraction of sp³-hybridized carbons (Fsp3) is 0.483. The summed E-state index contributed by atoms with van der Waals surface area (Å²) in [6.07, 6.45) is 4.51. The predicted molar refractivity (Wildman–Crippen MR) is 139 cm³/mol. The summed E-state index contributed by atoms with van der Waals surface area (Å²) in [7, 11) is 1.72. The van der Waals surface area contributed by atoms with E-state index in [1.165, 1.54) is 5.56 Å². The molecular weight excluding hydrogens is 452 g/mol. The number of carbonyl (C=O) groups is 2. The first-order valence-electron chi connectivity index (χ1n) is 13.0. The lowest BCUT2D eigenvalue weighted by atomic mass is 9.81. The molecule has 1 aliphatic carbocycles. The van der Waals surface area contributed by atoms with E-state index in [-0.39, 0.29) is 35.9 Å². The van der Waals surface area contributed by atoms with Crippen LogP contribution in [0.3, 0.4) is 0 Å². The van der Waals surface area contributed by atoms with Crippen molar-refractivity contribution in [2.45, 2.75) is 57.2 Å². The van der Waals surface area contributed by atoms with Gasteiger partial charge in [-0.2, -0.15) is 0 Å². The van der Waals surface area contributed by atoms with Crippen LogP contribution in [0.5, 0.6) is 0 Å². The number of fused-ring (bicyclic) bond motifs is 3. The number of hydrogen-bond acceptors (Lipinski definition) is 4. The first kappa shape index (κ1) is 24.3. The zero-order valence-electron chi connectivity index (χ0n) is 21.0. The largest absolute Gasteiger partial charge is 0.383 e. The van der Waals surface area contributed by atoms with Crippen LogP contribution in [0.1, 0.15) is 59.6 Å². The van der Waals surface area contributed by atoms with Gasteiger partial charge >= 0.3 is 0 Å². The molecule has 2 aliphatic heterocycles. The molecule has 36 heavy (non-hydrogen) atoms. The predicted octanol–water partition coefficient (Wildman–Crippen LogP) is 4.86. The van der Waals surface area contributed by atoms with Gasteiger partial charge in [-0.1, -0.05) is 49.2 Å². The van der Waals surface area contributed by atoms with E-state index in [2.05, 4.69) is 32.5 Å². The van der Waals surface area contributed by atoms with Crippen molar-refractivity contribution >= 4 is 23.2 Å². The van der Waals surface area contributed by atoms with Gasteiger partial charge in [0, 0.05) is 36.9 Å². The van der Waals surface area contributed by atoms with Gasteiger partial charge in [-0.15, -0.1) is 0 Å². The normalized spacial score (nSPS) is 26.8. The third kappa shape index (κ3) is 4.46. The summed E-state index contributed by atoms with van der Waals surface area (Å²) in [4.78, 5) is 32.8. The number of benzene rings is 2. The van der Waals surface area contributed by atoms with Gasteiger partial charge in [0.15, 0.2) is 5.69 Å². The van der Waals surface area contributed by atoms with Crippen LogP contribution < -0.4 is 10.6 Å². The molecule has 2 N–H and O–H groups in total. The number of aryl methyl sites for hydroxylation is 1. The van der Waals surface area contributed by atoms with Crippen LogP contribution >= 0.6 is 0 Å². The van der Waals surface area contributed by atoms with Crippen molar-refractivity contribution in [2.24, 2.45) is 11.8 Å². The highest BCUT2D eigenvalue weighted by Gasteiger charge is 2.48. The monoisotopic (exact) mass is 486 g/mol. The number of nitrogens with one attached hydrogen (secondary N) is 2. The Morgan fingerprint density at radius 3 is 2.75 bits per heavy atom. The number of carbonyl (C=O) groups excluding carboxylic acids is 2. The molecule has 7 nitrogen and oxygen atoms in total. The number of anilines is 1. The molecule has 7 heteroatoms. The van der Waals surface area contributed by atoms with E-state index in [0.717, 1.165) is 49.9 Å². The molecule has 0 aromatic heterocycles. The van der Waals surface area contributed by atoms with Crippen LogP contribution in [0.25, 0.3) is 4.85 Å². The van der Waals surface area contributed by atoms with Crippen molar-refractivity contribution in [3.05, 3.63) is 70.6 Å². The summed E-state index contributed by atoms with van der Waals surface area (Å²) < 4.78 is 5.51. The average molecular weight is 487 g/mol. The van der Waals surface area contributed by atoms with Crippen molar-refractivity contribution in [1.29, 1.82) is 0 Å². The van der Waals surface area contributed by atoms with Gasteiger partial charge in [0.05, 0.1) is 31.2 Å². The number of hydrogen-bond donors (Lipinski definition) is 2. The van der Waals surface area contributed by atoms with Crippen molar-refractivity contribution in [2.75, 3.05) is 25.6 Å². The molecule has 5 atom stereocenters. The molecule has 0 radical (unpaired) electrons. The maximum atomic E-state index is 14.1. The Balaban J connectivity index is 1.37. The van der Waals surface area contributed by atoms with Gasteiger partial charge in [0.2, 0.25) is 5.91 Å². The quantitative estimate of drug-likeness (QED) is 0.592. The van der Waals surface area contributed by atoms with E-state index in [4.69, 9.17) is 11.3 Å². The van der Waals surface area contributed by atoms with E-state index in [1.54, 1.807) is 25.3 Å². The van der Waals surface area contributed by atoms with Gasteiger partial charge in [-0.3, -0.25) is 9.59 Å². The highest BCUT2D eigenvalue weighted by molar-refractivity contribution is 5.95. The summed E-state index contributed by atoms with van der Waals surface area (Å²) in [5.41, 5.74) is 4.12. The average Bonchev–Trinajstić information content (AvgIpc) is 3.35. The number of methoxy groups -OCH3 is 1. The molecular formula is C29H34N4O3. The summed E-state index contributed by atoms with van der Waals surface area (Å²) >= 11 is 0. The number of ether oxygens (including phenoxy) is 1. The molecule has 2 heterocycles. The minimum atomic E-state index is -0.229. The van der Waals surface area contributed by atoms with Crippen molar-refractivity contribution in [1.82, 2.24) is 10.2 Å². The van der Waals surface area contributed by atoms with Crippen LogP contribution in [-0.2, 0) is 9.53 Å². The molecule has 2 aromatic rings. The molecule has 0 unspecified atom stereocenters. The van der Waals surface area contributed by atoms with Crippen LogP contribution in [0.2, 0.25) is 0 Å². The van der Waals surface area contributed by atoms with Crippen LogP contribution in [0, 0.1) is 25.3 Å². The zero-order chi connectivity index (χ0) is 25.2. The maximum Gasteiger partial charge on any atom is 0.251 e. The third-order valence-corrected chi connectivity index (χ3v) is 8.19. The molecule has 188 valence electrons. The standard InChI is InChI=1S/C29H34N4O3/c1-18-16-19(12-13-23(18)30-2)28(34)32-25-11-7-5-9-22(25)29(35)33-15-14-21-26(17-36-3)31-24-10-6-4-8-20(24)27(21)33/h4,6,8,10,12-13,16,21-22,25-27,31H,5,7,9,11,14-15,17H2,1,3H3,(H,32,34)/t21-,22+,25-,26+,27+/m1/s1. The van der Waals surface area contributed by atoms with Crippen molar-refractivity contribution in [3.8, 4) is 0 Å². The van der Waals surface area contributed by atoms with Gasteiger partial charge in [-0.05, 0) is 43.4 Å². The van der Waals surface area contributed by atoms with Crippen molar-refractivity contribution in [3.63, 3.8) is 0 Å². The molecule has 3 aliphatic rings. The van der Waals surface area contributed by atoms with E-state index in [1.807, 2.05) is 19.1 Å². The molecule has 1 saturated carbocycles. The van der Waals surface area contributed by atoms with Crippen LogP contribution in [-0.4, -0.2) is 49.1 Å². The second-order valence-corrected chi connectivity index (χ2v) is 10.3. The molecule has 0 bridgehead atoms. The fourth-order valence-corrected chi connectivity index (χ4v) is 6.41. The second-order valence-electron chi connectivity index (χ2n) is 10.3. The summed E-state index contributed by atoms with van der Waals surface area (Å²) in [5.74, 6) is 0.0447. The topological polar surface area (TPSA) is 75.0 Å². The molecule has 2 aromatic carbocycles. The number of amides is 2. The van der Waals surface area contributed by atoms with Gasteiger partial charge in [0.1, 0.15) is 0 Å². The summed E-state index contributed by atoms with van der Waals surface area (Å²) in [6, 6.07) is 13.4. The third-order valence-electron chi connectivity index (χ3n) is 8.19. The number of likely N-dealkylation sites (tertiary alicyclic amines) is 1. The molecule has 2 amide bonds. The lowest BCUT2D eigenvalue weighted by Crippen LogP contribution is -2.50. The Labute approximate surface area is 213 Å². The van der Waals surface area contributed by atoms with E-state index in [0.29, 0.717) is 23.8 Å². The fourth-order valence-electron chi connectivity index (χ4n) is 6.41. The summed E-state index contributed by atoms with van der Waals surface area (Å²) in [6.45, 7) is 10.4. The number of nitrogens with zero attached hydrogens (tertiary/aromatic N) is 2. The smallest absolute Gasteiger partial charge is 0.251 e. The minimum Gasteiger partial charge on any atom is -0.383 e. The number of para-hydroxylation sites is 1. The minimum absolute atomic E-state index is 0.0252. The van der Waals surface area contributed by atoms with E-state index < -0.39 is 0 Å². The lowest BCUT2D eigenvalue weighted by molar-refractivity contribution is -0.139. The van der Waals surface area contributed by atoms with Gasteiger partial charge < -0.3 is 20.3 Å². The van der Waals surface area contributed by atoms with Crippen LogP contribution in [0.15, 0.2) is 42.5 Å². The molecule has 0 spiro atoms. The Morgan fingerprint density at radius 1 is 1.17 bits per heavy atom. The Bertz CT molecular complexity index is 1190.